The van der Waals surface area contributed by atoms with Crippen molar-refractivity contribution in [3.05, 3.63) is 110 Å². The van der Waals surface area contributed by atoms with Crippen LogP contribution in [-0.2, 0) is 11.8 Å². The molecule has 4 aromatic rings. The Labute approximate surface area is 240 Å². The Hall–Kier alpha value is -4.41. The zero-order chi connectivity index (χ0) is 28.6. The van der Waals surface area contributed by atoms with E-state index in [1.807, 2.05) is 49.4 Å². The van der Waals surface area contributed by atoms with E-state index in [9.17, 15) is 14.4 Å². The highest BCUT2D eigenvalue weighted by atomic mass is 32.2. The largest absolute Gasteiger partial charge is 0.493 e. The van der Waals surface area contributed by atoms with Crippen molar-refractivity contribution in [2.45, 2.75) is 13.8 Å². The fraction of sp³-hybridized carbons (Fsp3) is 0.133. The Morgan fingerprint density at radius 3 is 2.35 bits per heavy atom. The summed E-state index contributed by atoms with van der Waals surface area (Å²) in [6.07, 6.45) is 1.67. The summed E-state index contributed by atoms with van der Waals surface area (Å²) in [6.45, 7) is 3.61. The lowest BCUT2D eigenvalue weighted by Gasteiger charge is -2.12. The number of para-hydroxylation sites is 1. The van der Waals surface area contributed by atoms with Gasteiger partial charge in [-0.25, -0.2) is 9.48 Å². The number of methoxy groups -OCH3 is 1. The minimum absolute atomic E-state index is 0.216. The summed E-state index contributed by atoms with van der Waals surface area (Å²) in [5, 5.41) is 0. The fourth-order valence-electron chi connectivity index (χ4n) is 4.44. The maximum atomic E-state index is 13.5. The number of ether oxygens (including phenoxy) is 2. The van der Waals surface area contributed by atoms with Crippen LogP contribution in [0.1, 0.15) is 27.2 Å². The number of esters is 1. The Balaban J connectivity index is 1.44. The minimum atomic E-state index is -0.496. The van der Waals surface area contributed by atoms with Crippen molar-refractivity contribution in [3.8, 4) is 17.2 Å². The van der Waals surface area contributed by atoms with Gasteiger partial charge in [-0.2, -0.15) is 0 Å². The van der Waals surface area contributed by atoms with E-state index in [2.05, 4.69) is 0 Å². The first-order chi connectivity index (χ1) is 19.2. The van der Waals surface area contributed by atoms with E-state index >= 15 is 0 Å². The van der Waals surface area contributed by atoms with Crippen LogP contribution in [0.15, 0.2) is 82.5 Å². The van der Waals surface area contributed by atoms with Gasteiger partial charge in [-0.05, 0) is 61.4 Å². The van der Waals surface area contributed by atoms with Gasteiger partial charge < -0.3 is 9.47 Å². The second-order valence-corrected chi connectivity index (χ2v) is 10.7. The molecular weight excluding hydrogens is 546 g/mol. The number of carbonyl (C=O) groups is 2. The Morgan fingerprint density at radius 2 is 1.65 bits per heavy atom. The van der Waals surface area contributed by atoms with Crippen molar-refractivity contribution in [2.24, 2.45) is 7.05 Å². The number of amides is 1. The van der Waals surface area contributed by atoms with Crippen LogP contribution in [0.4, 0.5) is 5.69 Å². The Morgan fingerprint density at radius 1 is 0.950 bits per heavy atom. The molecule has 8 nitrogen and oxygen atoms in total. The van der Waals surface area contributed by atoms with Crippen LogP contribution < -0.4 is 19.9 Å². The number of aryl methyl sites for hydroxylation is 1. The van der Waals surface area contributed by atoms with Crippen molar-refractivity contribution in [1.29, 1.82) is 0 Å². The van der Waals surface area contributed by atoms with Gasteiger partial charge in [-0.1, -0.05) is 66.4 Å². The normalized spacial score (nSPS) is 14.2. The molecule has 1 aliphatic rings. The van der Waals surface area contributed by atoms with Gasteiger partial charge in [0.05, 0.1) is 29.0 Å². The molecule has 10 heteroatoms. The molecule has 0 atom stereocenters. The quantitative estimate of drug-likeness (QED) is 0.132. The van der Waals surface area contributed by atoms with Gasteiger partial charge in [0.1, 0.15) is 5.69 Å². The molecule has 2 heterocycles. The van der Waals surface area contributed by atoms with Crippen LogP contribution in [0, 0.1) is 13.8 Å². The van der Waals surface area contributed by atoms with E-state index < -0.39 is 11.9 Å². The number of aromatic nitrogens is 2. The average Bonchev–Trinajstić information content (AvgIpc) is 3.34. The lowest BCUT2D eigenvalue weighted by atomic mass is 10.1. The number of hydrogen-bond donors (Lipinski definition) is 0. The van der Waals surface area contributed by atoms with Crippen LogP contribution in [0.25, 0.3) is 11.8 Å². The molecule has 5 rings (SSSR count). The molecule has 0 aliphatic carbocycles. The molecule has 0 bridgehead atoms. The number of carbonyl (C=O) groups excluding carboxylic acids is 2. The maximum Gasteiger partial charge on any atom is 0.343 e. The van der Waals surface area contributed by atoms with E-state index in [-0.39, 0.29) is 21.3 Å². The number of hydrogen-bond acceptors (Lipinski definition) is 7. The van der Waals surface area contributed by atoms with Crippen LogP contribution in [0.3, 0.4) is 0 Å². The van der Waals surface area contributed by atoms with Gasteiger partial charge in [-0.3, -0.25) is 19.2 Å². The van der Waals surface area contributed by atoms with Gasteiger partial charge in [0.2, 0.25) is 0 Å². The molecule has 0 unspecified atom stereocenters. The summed E-state index contributed by atoms with van der Waals surface area (Å²) in [6, 6.07) is 21.4. The van der Waals surface area contributed by atoms with E-state index in [1.165, 1.54) is 16.7 Å². The second kappa shape index (κ2) is 11.0. The smallest absolute Gasteiger partial charge is 0.343 e. The SMILES string of the molecule is COc1cc(/C=C2/SC(=S)N(c3c(C)n(C)n(-c4ccccc4)c3=O)C2=O)ccc1OC(=O)c1ccccc1C. The van der Waals surface area contributed by atoms with Crippen molar-refractivity contribution in [1.82, 2.24) is 9.36 Å². The first-order valence-electron chi connectivity index (χ1n) is 12.3. The molecule has 0 radical (unpaired) electrons. The second-order valence-electron chi connectivity index (χ2n) is 9.04. The van der Waals surface area contributed by atoms with Gasteiger partial charge in [-0.15, -0.1) is 0 Å². The number of thiocarbonyl (C=S) groups is 1. The van der Waals surface area contributed by atoms with Crippen LogP contribution >= 0.6 is 24.0 Å². The molecule has 1 saturated heterocycles. The number of rotatable bonds is 6. The molecule has 3 aromatic carbocycles. The van der Waals surface area contributed by atoms with E-state index in [4.69, 9.17) is 21.7 Å². The van der Waals surface area contributed by atoms with E-state index in [0.29, 0.717) is 33.2 Å². The zero-order valence-corrected chi connectivity index (χ0v) is 23.8. The summed E-state index contributed by atoms with van der Waals surface area (Å²) >= 11 is 6.66. The topological polar surface area (TPSA) is 82.8 Å². The average molecular weight is 572 g/mol. The summed E-state index contributed by atoms with van der Waals surface area (Å²) in [5.41, 5.74) is 3.06. The first-order valence-corrected chi connectivity index (χ1v) is 13.5. The van der Waals surface area contributed by atoms with Gasteiger partial charge >= 0.3 is 5.97 Å². The molecule has 1 aromatic heterocycles. The third-order valence-electron chi connectivity index (χ3n) is 6.59. The maximum absolute atomic E-state index is 13.5. The minimum Gasteiger partial charge on any atom is -0.493 e. The standard InChI is InChI=1S/C30H25N3O5S2/c1-18-10-8-9-13-22(18)29(36)38-23-15-14-20(16-24(23)37-4)17-25-27(34)32(30(39)40-25)26-19(2)31(3)33(28(26)35)21-11-6-5-7-12-21/h5-17H,1-4H3/b25-17+. The molecule has 202 valence electrons. The molecule has 40 heavy (non-hydrogen) atoms. The monoisotopic (exact) mass is 571 g/mol. The number of benzene rings is 3. The van der Waals surface area contributed by atoms with Crippen molar-refractivity contribution >= 4 is 51.9 Å². The Bertz CT molecular complexity index is 1750. The van der Waals surface area contributed by atoms with Gasteiger partial charge in [0, 0.05) is 7.05 Å². The Kier molecular flexibility index (Phi) is 7.46. The first kappa shape index (κ1) is 27.2. The molecule has 1 fully saturated rings. The van der Waals surface area contributed by atoms with Crippen LogP contribution in [-0.4, -0.2) is 32.7 Å². The highest BCUT2D eigenvalue weighted by molar-refractivity contribution is 8.27. The molecule has 0 spiro atoms. The molecule has 0 N–H and O–H groups in total. The van der Waals surface area contributed by atoms with Gasteiger partial charge in [0.25, 0.3) is 11.5 Å². The molecule has 1 amide bonds. The summed E-state index contributed by atoms with van der Waals surface area (Å²) in [4.78, 5) is 41.4. The summed E-state index contributed by atoms with van der Waals surface area (Å²) in [5.74, 6) is -0.308. The highest BCUT2D eigenvalue weighted by Gasteiger charge is 2.37. The van der Waals surface area contributed by atoms with Crippen LogP contribution in [0.2, 0.25) is 0 Å². The summed E-state index contributed by atoms with van der Waals surface area (Å²) in [7, 11) is 3.24. The zero-order valence-electron chi connectivity index (χ0n) is 22.2. The third kappa shape index (κ3) is 4.87. The van der Waals surface area contributed by atoms with Crippen molar-refractivity contribution in [2.75, 3.05) is 12.0 Å². The highest BCUT2D eigenvalue weighted by Crippen LogP contribution is 2.37. The lowest BCUT2D eigenvalue weighted by molar-refractivity contribution is -0.113. The van der Waals surface area contributed by atoms with Gasteiger partial charge in [0.15, 0.2) is 15.8 Å². The predicted molar refractivity (Wildman–Crippen MR) is 161 cm³/mol. The number of thioether (sulfide) groups is 1. The predicted octanol–water partition coefficient (Wildman–Crippen LogP) is 5.43. The molecular formula is C30H25N3O5S2. The van der Waals surface area contributed by atoms with E-state index in [1.54, 1.807) is 55.1 Å². The van der Waals surface area contributed by atoms with E-state index in [0.717, 1.165) is 17.3 Å². The van der Waals surface area contributed by atoms with Crippen LogP contribution in [0.5, 0.6) is 11.5 Å². The third-order valence-corrected chi connectivity index (χ3v) is 7.90. The van der Waals surface area contributed by atoms with Crippen molar-refractivity contribution < 1.29 is 19.1 Å². The number of nitrogens with zero attached hydrogens (tertiary/aromatic N) is 3. The van der Waals surface area contributed by atoms with Crippen molar-refractivity contribution in [3.63, 3.8) is 0 Å². The lowest BCUT2D eigenvalue weighted by Crippen LogP contribution is -2.33. The summed E-state index contributed by atoms with van der Waals surface area (Å²) < 4.78 is 14.5. The number of anilines is 1. The molecule has 1 aliphatic heterocycles. The fourth-order valence-corrected chi connectivity index (χ4v) is 5.71. The molecule has 0 saturated carbocycles.